The Morgan fingerprint density at radius 3 is 1.41 bits per heavy atom. The molecule has 0 unspecified atom stereocenters. The summed E-state index contributed by atoms with van der Waals surface area (Å²) >= 11 is 1.86. The van der Waals surface area contributed by atoms with Gasteiger partial charge in [0.1, 0.15) is 0 Å². The van der Waals surface area contributed by atoms with Gasteiger partial charge in [-0.1, -0.05) is 145 Å². The molecule has 9 rings (SSSR count). The number of nitrogens with zero attached hydrogens (tertiary/aromatic N) is 3. The second kappa shape index (κ2) is 9.87. The molecule has 7 aromatic rings. The van der Waals surface area contributed by atoms with Crippen LogP contribution in [-0.4, -0.2) is 15.0 Å². The van der Waals surface area contributed by atoms with Gasteiger partial charge in [-0.2, -0.15) is 0 Å². The lowest BCUT2D eigenvalue weighted by molar-refractivity contribution is 0.722. The SMILES string of the molecule is c1ccc(-c2nc(-c3ccccc3)nc(-c3ccc4c(c3)-c3ccccc3C43c4ccccc4Sc4ccccc43)n2)cc1. The zero-order valence-electron chi connectivity index (χ0n) is 23.7. The molecule has 0 radical (unpaired) electrons. The molecule has 0 amide bonds. The third-order valence-electron chi connectivity index (χ3n) is 8.80. The average Bonchev–Trinajstić information content (AvgIpc) is 3.39. The van der Waals surface area contributed by atoms with Crippen molar-refractivity contribution in [3.05, 3.63) is 174 Å². The van der Waals surface area contributed by atoms with Gasteiger partial charge in [-0.25, -0.2) is 15.0 Å². The van der Waals surface area contributed by atoms with Crippen molar-refractivity contribution in [2.24, 2.45) is 0 Å². The number of benzene rings is 6. The minimum absolute atomic E-state index is 0.396. The van der Waals surface area contributed by atoms with Crippen LogP contribution in [0, 0.1) is 0 Å². The van der Waals surface area contributed by atoms with Crippen molar-refractivity contribution in [3.8, 4) is 45.3 Å². The van der Waals surface area contributed by atoms with Crippen LogP contribution >= 0.6 is 11.8 Å². The quantitative estimate of drug-likeness (QED) is 0.209. The zero-order valence-corrected chi connectivity index (χ0v) is 24.5. The molecule has 2 heterocycles. The van der Waals surface area contributed by atoms with Gasteiger partial charge in [-0.15, -0.1) is 0 Å². The second-order valence-corrected chi connectivity index (χ2v) is 12.3. The molecule has 6 aromatic carbocycles. The molecule has 44 heavy (non-hydrogen) atoms. The van der Waals surface area contributed by atoms with Crippen molar-refractivity contribution in [2.45, 2.75) is 15.2 Å². The molecule has 1 aromatic heterocycles. The molecular formula is C40H25N3S. The number of rotatable bonds is 3. The molecule has 0 bridgehead atoms. The van der Waals surface area contributed by atoms with E-state index >= 15 is 0 Å². The molecule has 0 saturated carbocycles. The predicted octanol–water partition coefficient (Wildman–Crippen LogP) is 9.70. The Kier molecular flexibility index (Phi) is 5.65. The fraction of sp³-hybridized carbons (Fsp3) is 0.0250. The summed E-state index contributed by atoms with van der Waals surface area (Å²) in [7, 11) is 0. The predicted molar refractivity (Wildman–Crippen MR) is 178 cm³/mol. The number of fused-ring (bicyclic) bond motifs is 9. The summed E-state index contributed by atoms with van der Waals surface area (Å²) in [5.41, 5.74) is 10.3. The van der Waals surface area contributed by atoms with Gasteiger partial charge in [0.25, 0.3) is 0 Å². The van der Waals surface area contributed by atoms with E-state index in [2.05, 4.69) is 91.0 Å². The lowest BCUT2D eigenvalue weighted by Crippen LogP contribution is -2.31. The summed E-state index contributed by atoms with van der Waals surface area (Å²) in [4.78, 5) is 17.6. The van der Waals surface area contributed by atoms with E-state index < -0.39 is 5.41 Å². The van der Waals surface area contributed by atoms with Gasteiger partial charge in [0, 0.05) is 26.5 Å². The minimum Gasteiger partial charge on any atom is -0.208 e. The molecule has 0 atom stereocenters. The van der Waals surface area contributed by atoms with Crippen molar-refractivity contribution in [1.29, 1.82) is 0 Å². The van der Waals surface area contributed by atoms with Gasteiger partial charge >= 0.3 is 0 Å². The van der Waals surface area contributed by atoms with E-state index in [0.717, 1.165) is 16.7 Å². The normalized spacial score (nSPS) is 13.5. The fourth-order valence-electron chi connectivity index (χ4n) is 6.94. The maximum Gasteiger partial charge on any atom is 0.164 e. The monoisotopic (exact) mass is 579 g/mol. The van der Waals surface area contributed by atoms with Crippen LogP contribution < -0.4 is 0 Å². The molecule has 1 aliphatic heterocycles. The molecular weight excluding hydrogens is 555 g/mol. The lowest BCUT2D eigenvalue weighted by Gasteiger charge is -2.39. The third kappa shape index (κ3) is 3.68. The summed E-state index contributed by atoms with van der Waals surface area (Å²) in [6, 6.07) is 53.7. The Labute approximate surface area is 260 Å². The van der Waals surface area contributed by atoms with E-state index in [1.165, 1.54) is 43.2 Å². The number of hydrogen-bond acceptors (Lipinski definition) is 4. The van der Waals surface area contributed by atoms with Crippen LogP contribution in [-0.2, 0) is 5.41 Å². The van der Waals surface area contributed by atoms with Crippen molar-refractivity contribution in [1.82, 2.24) is 15.0 Å². The molecule has 2 aliphatic rings. The maximum atomic E-state index is 5.03. The van der Waals surface area contributed by atoms with Crippen LogP contribution in [0.1, 0.15) is 22.3 Å². The van der Waals surface area contributed by atoms with Gasteiger partial charge in [-0.05, 0) is 51.6 Å². The highest BCUT2D eigenvalue weighted by molar-refractivity contribution is 7.99. The minimum atomic E-state index is -0.396. The van der Waals surface area contributed by atoms with Crippen molar-refractivity contribution >= 4 is 11.8 Å². The Hall–Kier alpha value is -5.32. The van der Waals surface area contributed by atoms with E-state index in [1.54, 1.807) is 0 Å². The van der Waals surface area contributed by atoms with Gasteiger partial charge in [0.15, 0.2) is 17.5 Å². The average molecular weight is 580 g/mol. The Morgan fingerprint density at radius 2 is 0.818 bits per heavy atom. The second-order valence-electron chi connectivity index (χ2n) is 11.2. The first kappa shape index (κ1) is 25.2. The van der Waals surface area contributed by atoms with E-state index in [9.17, 15) is 0 Å². The molecule has 1 spiro atoms. The van der Waals surface area contributed by atoms with Crippen LogP contribution in [0.4, 0.5) is 0 Å². The van der Waals surface area contributed by atoms with E-state index in [1.807, 2.05) is 72.4 Å². The smallest absolute Gasteiger partial charge is 0.164 e. The highest BCUT2D eigenvalue weighted by Crippen LogP contribution is 2.62. The molecule has 0 fully saturated rings. The van der Waals surface area contributed by atoms with Crippen LogP contribution in [0.3, 0.4) is 0 Å². The first-order chi connectivity index (χ1) is 21.8. The van der Waals surface area contributed by atoms with Crippen molar-refractivity contribution in [2.75, 3.05) is 0 Å². The first-order valence-corrected chi connectivity index (χ1v) is 15.6. The van der Waals surface area contributed by atoms with E-state index in [0.29, 0.717) is 17.5 Å². The highest BCUT2D eigenvalue weighted by Gasteiger charge is 2.50. The van der Waals surface area contributed by atoms with E-state index in [4.69, 9.17) is 15.0 Å². The summed E-state index contributed by atoms with van der Waals surface area (Å²) in [6.07, 6.45) is 0. The maximum absolute atomic E-state index is 5.03. The van der Waals surface area contributed by atoms with Crippen LogP contribution in [0.15, 0.2) is 161 Å². The van der Waals surface area contributed by atoms with Gasteiger partial charge in [-0.3, -0.25) is 0 Å². The summed E-state index contributed by atoms with van der Waals surface area (Å²) in [6.45, 7) is 0. The van der Waals surface area contributed by atoms with Gasteiger partial charge in [0.2, 0.25) is 0 Å². The lowest BCUT2D eigenvalue weighted by atomic mass is 9.67. The zero-order chi connectivity index (χ0) is 29.1. The standard InChI is InChI=1S/C40H25N3S/c1-3-13-26(14-4-1)37-41-38(27-15-5-2-6-16-27)43-39(42-37)28-23-24-32-30(25-28)29-17-7-8-18-31(29)40(32)33-19-9-11-21-35(33)44-36-22-12-10-20-34(36)40/h1-25H. The molecule has 3 nitrogen and oxygen atoms in total. The van der Waals surface area contributed by atoms with E-state index in [-0.39, 0.29) is 0 Å². The molecule has 206 valence electrons. The largest absolute Gasteiger partial charge is 0.208 e. The van der Waals surface area contributed by atoms with Crippen molar-refractivity contribution < 1.29 is 0 Å². The Morgan fingerprint density at radius 1 is 0.364 bits per heavy atom. The molecule has 0 N–H and O–H groups in total. The van der Waals surface area contributed by atoms with Crippen molar-refractivity contribution in [3.63, 3.8) is 0 Å². The summed E-state index contributed by atoms with van der Waals surface area (Å²) in [5.74, 6) is 2.00. The molecule has 0 saturated heterocycles. The third-order valence-corrected chi connectivity index (χ3v) is 9.96. The number of aromatic nitrogens is 3. The molecule has 1 aliphatic carbocycles. The topological polar surface area (TPSA) is 38.7 Å². The Bertz CT molecular complexity index is 2110. The highest BCUT2D eigenvalue weighted by atomic mass is 32.2. The van der Waals surface area contributed by atoms with Gasteiger partial charge < -0.3 is 0 Å². The van der Waals surface area contributed by atoms with Crippen LogP contribution in [0.5, 0.6) is 0 Å². The fourth-order valence-corrected chi connectivity index (χ4v) is 8.13. The summed E-state index contributed by atoms with van der Waals surface area (Å²) < 4.78 is 0. The number of hydrogen-bond donors (Lipinski definition) is 0. The Balaban J connectivity index is 1.30. The first-order valence-electron chi connectivity index (χ1n) is 14.8. The van der Waals surface area contributed by atoms with Crippen LogP contribution in [0.2, 0.25) is 0 Å². The van der Waals surface area contributed by atoms with Crippen LogP contribution in [0.25, 0.3) is 45.3 Å². The van der Waals surface area contributed by atoms with Gasteiger partial charge in [0.05, 0.1) is 5.41 Å². The summed E-state index contributed by atoms with van der Waals surface area (Å²) in [5, 5.41) is 0. The molecule has 4 heteroatoms.